The molecule has 1 heterocycles. The fourth-order valence-electron chi connectivity index (χ4n) is 2.19. The smallest absolute Gasteiger partial charge is 0.141 e. The first-order valence-electron chi connectivity index (χ1n) is 7.13. The fraction of sp³-hybridized carbons (Fsp3) is 0.294. The summed E-state index contributed by atoms with van der Waals surface area (Å²) in [5.41, 5.74) is 8.46. The molecule has 110 valence electrons. The largest absolute Gasteiger partial charge is 0.382 e. The van der Waals surface area contributed by atoms with Gasteiger partial charge in [-0.05, 0) is 37.1 Å². The first-order chi connectivity index (χ1) is 10.1. The summed E-state index contributed by atoms with van der Waals surface area (Å²) in [7, 11) is 0. The molecule has 0 bridgehead atoms. The first kappa shape index (κ1) is 15.2. The van der Waals surface area contributed by atoms with E-state index in [1.165, 1.54) is 5.56 Å². The predicted molar refractivity (Wildman–Crippen MR) is 86.1 cm³/mol. The first-order valence-corrected chi connectivity index (χ1v) is 7.13. The quantitative estimate of drug-likeness (QED) is 0.632. The Balaban J connectivity index is 2.13. The van der Waals surface area contributed by atoms with Crippen molar-refractivity contribution < 1.29 is 0 Å². The standard InChI is InChI=1S/C17H22N4/c1-13(2)21(11-14-6-4-3-5-7-14)12-15-8-9-20-16(10-15)17(18)19/h3-10,13H,11-12H2,1-2H3,(H3,18,19). The Bertz CT molecular complexity index is 593. The third-order valence-corrected chi connectivity index (χ3v) is 3.44. The number of hydrogen-bond acceptors (Lipinski definition) is 3. The Kier molecular flexibility index (Phi) is 5.06. The molecule has 4 nitrogen and oxygen atoms in total. The number of amidine groups is 1. The summed E-state index contributed by atoms with van der Waals surface area (Å²) < 4.78 is 0. The molecular formula is C17H22N4. The summed E-state index contributed by atoms with van der Waals surface area (Å²) in [4.78, 5) is 6.49. The number of hydrogen-bond donors (Lipinski definition) is 2. The zero-order chi connectivity index (χ0) is 15.2. The van der Waals surface area contributed by atoms with Crippen LogP contribution in [0.25, 0.3) is 0 Å². The molecule has 1 aromatic carbocycles. The predicted octanol–water partition coefficient (Wildman–Crippen LogP) is 2.78. The van der Waals surface area contributed by atoms with Gasteiger partial charge in [0.1, 0.15) is 11.5 Å². The zero-order valence-corrected chi connectivity index (χ0v) is 12.6. The van der Waals surface area contributed by atoms with Crippen molar-refractivity contribution in [3.05, 3.63) is 65.5 Å². The SMILES string of the molecule is CC(C)N(Cc1ccccc1)Cc1ccnc(C(=N)N)c1. The van der Waals surface area contributed by atoms with Crippen molar-refractivity contribution in [2.45, 2.75) is 33.0 Å². The van der Waals surface area contributed by atoms with Gasteiger partial charge >= 0.3 is 0 Å². The third-order valence-electron chi connectivity index (χ3n) is 3.44. The summed E-state index contributed by atoms with van der Waals surface area (Å²) in [5, 5.41) is 7.48. The number of nitrogens with one attached hydrogen (secondary N) is 1. The van der Waals surface area contributed by atoms with Gasteiger partial charge in [0.15, 0.2) is 0 Å². The van der Waals surface area contributed by atoms with E-state index in [-0.39, 0.29) is 5.84 Å². The summed E-state index contributed by atoms with van der Waals surface area (Å²) in [6.45, 7) is 6.09. The van der Waals surface area contributed by atoms with Gasteiger partial charge < -0.3 is 5.73 Å². The molecule has 1 aromatic heterocycles. The van der Waals surface area contributed by atoms with E-state index in [1.54, 1.807) is 6.20 Å². The van der Waals surface area contributed by atoms with Crippen LogP contribution in [0.4, 0.5) is 0 Å². The lowest BCUT2D eigenvalue weighted by molar-refractivity contribution is 0.203. The van der Waals surface area contributed by atoms with E-state index in [0.717, 1.165) is 18.7 Å². The molecule has 2 aromatic rings. The van der Waals surface area contributed by atoms with E-state index in [1.807, 2.05) is 18.2 Å². The Labute approximate surface area is 126 Å². The van der Waals surface area contributed by atoms with Gasteiger partial charge in [0, 0.05) is 25.3 Å². The summed E-state index contributed by atoms with van der Waals surface area (Å²) >= 11 is 0. The van der Waals surface area contributed by atoms with Gasteiger partial charge in [-0.1, -0.05) is 30.3 Å². The van der Waals surface area contributed by atoms with Crippen molar-refractivity contribution in [2.75, 3.05) is 0 Å². The molecule has 0 fully saturated rings. The lowest BCUT2D eigenvalue weighted by atomic mass is 10.1. The monoisotopic (exact) mass is 282 g/mol. The van der Waals surface area contributed by atoms with Crippen LogP contribution in [-0.2, 0) is 13.1 Å². The van der Waals surface area contributed by atoms with Gasteiger partial charge in [-0.3, -0.25) is 15.3 Å². The maximum Gasteiger partial charge on any atom is 0.141 e. The molecule has 0 atom stereocenters. The molecule has 0 saturated heterocycles. The van der Waals surface area contributed by atoms with Gasteiger partial charge in [0.2, 0.25) is 0 Å². The van der Waals surface area contributed by atoms with E-state index in [2.05, 4.69) is 48.0 Å². The highest BCUT2D eigenvalue weighted by Crippen LogP contribution is 2.13. The Morgan fingerprint density at radius 3 is 2.43 bits per heavy atom. The molecule has 0 spiro atoms. The molecule has 2 rings (SSSR count). The van der Waals surface area contributed by atoms with Crippen molar-refractivity contribution in [1.82, 2.24) is 9.88 Å². The topological polar surface area (TPSA) is 66.0 Å². The van der Waals surface area contributed by atoms with E-state index < -0.39 is 0 Å². The van der Waals surface area contributed by atoms with E-state index in [4.69, 9.17) is 11.1 Å². The van der Waals surface area contributed by atoms with Gasteiger partial charge in [-0.2, -0.15) is 0 Å². The highest BCUT2D eigenvalue weighted by molar-refractivity contribution is 5.93. The van der Waals surface area contributed by atoms with Crippen molar-refractivity contribution in [3.63, 3.8) is 0 Å². The molecule has 0 unspecified atom stereocenters. The van der Waals surface area contributed by atoms with Crippen LogP contribution >= 0.6 is 0 Å². The molecule has 0 saturated carbocycles. The molecule has 0 aliphatic carbocycles. The van der Waals surface area contributed by atoms with Gasteiger partial charge in [0.05, 0.1) is 0 Å². The molecule has 0 amide bonds. The second kappa shape index (κ2) is 6.99. The minimum atomic E-state index is 0.0102. The van der Waals surface area contributed by atoms with Crippen molar-refractivity contribution in [3.8, 4) is 0 Å². The molecule has 21 heavy (non-hydrogen) atoms. The minimum Gasteiger partial charge on any atom is -0.382 e. The van der Waals surface area contributed by atoms with Crippen LogP contribution in [0.5, 0.6) is 0 Å². The summed E-state index contributed by atoms with van der Waals surface area (Å²) in [6.07, 6.45) is 1.72. The second-order valence-corrected chi connectivity index (χ2v) is 5.45. The number of nitrogens with zero attached hydrogens (tertiary/aromatic N) is 2. The molecule has 0 aliphatic heterocycles. The Hall–Kier alpha value is -2.20. The van der Waals surface area contributed by atoms with Crippen molar-refractivity contribution in [1.29, 1.82) is 5.41 Å². The van der Waals surface area contributed by atoms with Crippen LogP contribution in [0.3, 0.4) is 0 Å². The summed E-state index contributed by atoms with van der Waals surface area (Å²) in [6, 6.07) is 14.7. The lowest BCUT2D eigenvalue weighted by Gasteiger charge is -2.26. The van der Waals surface area contributed by atoms with Crippen molar-refractivity contribution in [2.24, 2.45) is 5.73 Å². The fourth-order valence-corrected chi connectivity index (χ4v) is 2.19. The van der Waals surface area contributed by atoms with Crippen LogP contribution in [0.15, 0.2) is 48.7 Å². The number of nitrogens with two attached hydrogens (primary N) is 1. The average molecular weight is 282 g/mol. The van der Waals surface area contributed by atoms with Crippen LogP contribution in [0, 0.1) is 5.41 Å². The number of rotatable bonds is 6. The van der Waals surface area contributed by atoms with E-state index in [9.17, 15) is 0 Å². The Morgan fingerprint density at radius 2 is 1.81 bits per heavy atom. The number of benzene rings is 1. The summed E-state index contributed by atoms with van der Waals surface area (Å²) in [5.74, 6) is 0.0102. The number of nitrogen functional groups attached to an aromatic ring is 1. The normalized spacial score (nSPS) is 11.0. The minimum absolute atomic E-state index is 0.0102. The van der Waals surface area contributed by atoms with Crippen molar-refractivity contribution >= 4 is 5.84 Å². The highest BCUT2D eigenvalue weighted by Gasteiger charge is 2.11. The average Bonchev–Trinajstić information content (AvgIpc) is 2.48. The molecule has 0 aliphatic rings. The molecule has 0 radical (unpaired) electrons. The van der Waals surface area contributed by atoms with Gasteiger partial charge in [0.25, 0.3) is 0 Å². The Morgan fingerprint density at radius 1 is 1.14 bits per heavy atom. The van der Waals surface area contributed by atoms with Crippen LogP contribution in [-0.4, -0.2) is 21.8 Å². The molecular weight excluding hydrogens is 260 g/mol. The van der Waals surface area contributed by atoms with Crippen LogP contribution < -0.4 is 5.73 Å². The zero-order valence-electron chi connectivity index (χ0n) is 12.6. The second-order valence-electron chi connectivity index (χ2n) is 5.45. The van der Waals surface area contributed by atoms with Crippen LogP contribution in [0.2, 0.25) is 0 Å². The third kappa shape index (κ3) is 4.39. The lowest BCUT2D eigenvalue weighted by Crippen LogP contribution is -2.30. The highest BCUT2D eigenvalue weighted by atomic mass is 15.1. The molecule has 4 heteroatoms. The number of pyridine rings is 1. The van der Waals surface area contributed by atoms with Gasteiger partial charge in [-0.25, -0.2) is 0 Å². The number of aromatic nitrogens is 1. The molecule has 3 N–H and O–H groups in total. The van der Waals surface area contributed by atoms with E-state index in [0.29, 0.717) is 11.7 Å². The maximum atomic E-state index is 7.48. The van der Waals surface area contributed by atoms with Gasteiger partial charge in [-0.15, -0.1) is 0 Å². The van der Waals surface area contributed by atoms with Crippen LogP contribution in [0.1, 0.15) is 30.7 Å². The van der Waals surface area contributed by atoms with E-state index >= 15 is 0 Å². The maximum absolute atomic E-state index is 7.48.